The predicted molar refractivity (Wildman–Crippen MR) is 124 cm³/mol. The molecule has 0 aliphatic carbocycles. The number of hydrogen-bond donors (Lipinski definition) is 0. The van der Waals surface area contributed by atoms with E-state index < -0.39 is 24.5 Å². The van der Waals surface area contributed by atoms with Crippen molar-refractivity contribution in [1.29, 1.82) is 0 Å². The summed E-state index contributed by atoms with van der Waals surface area (Å²) in [5, 5.41) is 5.25. The molecular formula is C22H22Br2F2SiZr. The summed E-state index contributed by atoms with van der Waals surface area (Å²) in [6.45, 7) is 8.54. The minimum atomic E-state index is -2.77. The fourth-order valence-corrected chi connectivity index (χ4v) is 3.68. The summed E-state index contributed by atoms with van der Waals surface area (Å²) in [6, 6.07) is 21.3. The van der Waals surface area contributed by atoms with Crippen molar-refractivity contribution in [3.8, 4) is 0 Å². The Labute approximate surface area is 198 Å². The van der Waals surface area contributed by atoms with Crippen LogP contribution in [0.25, 0.3) is 21.5 Å². The molecule has 4 aromatic rings. The van der Waals surface area contributed by atoms with Crippen molar-refractivity contribution in [2.75, 3.05) is 0 Å². The molecule has 28 heavy (non-hydrogen) atoms. The van der Waals surface area contributed by atoms with E-state index in [-0.39, 0.29) is 0 Å². The zero-order valence-corrected chi connectivity index (χ0v) is 22.9. The number of benzene rings is 2. The van der Waals surface area contributed by atoms with Gasteiger partial charge in [-0.2, -0.15) is 12.1 Å². The van der Waals surface area contributed by atoms with Gasteiger partial charge in [0.15, 0.2) is 0 Å². The van der Waals surface area contributed by atoms with Gasteiger partial charge in [0, 0.05) is 9.52 Å². The molecule has 4 aromatic carbocycles. The summed E-state index contributed by atoms with van der Waals surface area (Å²) in [7, 11) is 1.08. The summed E-state index contributed by atoms with van der Waals surface area (Å²) in [5.74, 6) is 0. The third kappa shape index (κ3) is 8.14. The molecular weight excluding hydrogens is 581 g/mol. The molecule has 0 aliphatic heterocycles. The van der Waals surface area contributed by atoms with Gasteiger partial charge in [-0.15, -0.1) is 69.1 Å². The van der Waals surface area contributed by atoms with Crippen LogP contribution < -0.4 is 0 Å². The summed E-state index contributed by atoms with van der Waals surface area (Å²) in [5.41, 5.74) is 2.65. The van der Waals surface area contributed by atoms with Gasteiger partial charge >= 0.3 is 29.7 Å². The molecule has 0 heterocycles. The van der Waals surface area contributed by atoms with Crippen LogP contribution in [-0.2, 0) is 24.5 Å². The van der Waals surface area contributed by atoms with Crippen molar-refractivity contribution < 1.29 is 29.7 Å². The Morgan fingerprint density at radius 2 is 1.11 bits per heavy atom. The van der Waals surface area contributed by atoms with Gasteiger partial charge in [0.2, 0.25) is 0 Å². The average molecular weight is 604 g/mol. The van der Waals surface area contributed by atoms with Gasteiger partial charge in [-0.1, -0.05) is 70.9 Å². The zero-order valence-electron chi connectivity index (χ0n) is 16.3. The molecule has 4 rings (SSSR count). The summed E-state index contributed by atoms with van der Waals surface area (Å²) in [4.78, 5) is 0. The third-order valence-corrected chi connectivity index (χ3v) is 5.07. The van der Waals surface area contributed by atoms with E-state index in [1.165, 1.54) is 41.6 Å². The molecule has 0 N–H and O–H groups in total. The molecule has 0 fully saturated rings. The van der Waals surface area contributed by atoms with Gasteiger partial charge in [0.1, 0.15) is 0 Å². The molecule has 0 saturated heterocycles. The quantitative estimate of drug-likeness (QED) is 0.139. The molecule has 0 aliphatic rings. The molecule has 0 spiro atoms. The van der Waals surface area contributed by atoms with E-state index in [9.17, 15) is 5.25 Å². The Hall–Kier alpha value is -0.420. The summed E-state index contributed by atoms with van der Waals surface area (Å²) in [6.07, 6.45) is 0. The molecule has 0 unspecified atom stereocenters. The molecule has 0 aromatic heterocycles. The van der Waals surface area contributed by atoms with Gasteiger partial charge in [0.05, 0.1) is 0 Å². The van der Waals surface area contributed by atoms with Crippen LogP contribution in [0, 0.1) is 13.8 Å². The van der Waals surface area contributed by atoms with Crippen LogP contribution in [0.15, 0.2) is 69.6 Å². The maximum atomic E-state index is 9.80. The molecule has 6 heteroatoms. The van der Waals surface area contributed by atoms with Crippen LogP contribution in [0.4, 0.5) is 5.25 Å². The molecule has 146 valence electrons. The van der Waals surface area contributed by atoms with Crippen LogP contribution in [-0.4, -0.2) is 9.52 Å². The van der Waals surface area contributed by atoms with E-state index in [4.69, 9.17) is 0 Å². The molecule has 0 amide bonds. The Bertz CT molecular complexity index is 899. The summed E-state index contributed by atoms with van der Waals surface area (Å²) >= 11 is 4.25. The van der Waals surface area contributed by atoms with Gasteiger partial charge in [-0.3, -0.25) is 0 Å². The molecule has 2 radical (unpaired) electrons. The average Bonchev–Trinajstić information content (AvgIpc) is 3.20. The SMILES string of the molecule is C[Si]C.Cc1cc2c(Br)cccc2[cH-]1.Cc1cc2c(Br)cccc2[cH-]1.[F][Zr+2][F]. The maximum absolute atomic E-state index is 9.80. The molecule has 0 saturated carbocycles. The molecule has 0 atom stereocenters. The van der Waals surface area contributed by atoms with Gasteiger partial charge in [0.25, 0.3) is 0 Å². The molecule has 0 bridgehead atoms. The first-order valence-corrected chi connectivity index (χ1v) is 14.0. The van der Waals surface area contributed by atoms with Crippen molar-refractivity contribution in [2.24, 2.45) is 0 Å². The topological polar surface area (TPSA) is 0 Å². The second-order valence-corrected chi connectivity index (χ2v) is 9.18. The Kier molecular flexibility index (Phi) is 12.6. The fourth-order valence-electron chi connectivity index (χ4n) is 2.69. The standard InChI is InChI=1S/2C10H8Br.C2H6Si.2FH.Zr/c2*1-7-5-8-3-2-4-10(11)9(8)6-7;1-3-2;;;/h2*2-6H,1H3;1-2H3;2*1H;/q2*-1;;;;+4/p-2. The Morgan fingerprint density at radius 3 is 1.39 bits per heavy atom. The predicted octanol–water partition coefficient (Wildman–Crippen LogP) is 8.88. The van der Waals surface area contributed by atoms with Crippen LogP contribution in [0.5, 0.6) is 0 Å². The van der Waals surface area contributed by atoms with Crippen LogP contribution >= 0.6 is 31.9 Å². The van der Waals surface area contributed by atoms with E-state index >= 15 is 0 Å². The van der Waals surface area contributed by atoms with Crippen molar-refractivity contribution in [1.82, 2.24) is 0 Å². The number of hydrogen-bond acceptors (Lipinski definition) is 0. The first-order valence-electron chi connectivity index (χ1n) is 8.55. The fraction of sp³-hybridized carbons (Fsp3) is 0.182. The number of halogens is 4. The monoisotopic (exact) mass is 600 g/mol. The minimum absolute atomic E-state index is 1.08. The van der Waals surface area contributed by atoms with E-state index in [0.29, 0.717) is 0 Å². The van der Waals surface area contributed by atoms with Gasteiger partial charge < -0.3 is 0 Å². The van der Waals surface area contributed by atoms with E-state index in [2.05, 4.69) is 119 Å². The molecule has 0 nitrogen and oxygen atoms in total. The van der Waals surface area contributed by atoms with Gasteiger partial charge in [-0.25, -0.2) is 0 Å². The van der Waals surface area contributed by atoms with Crippen molar-refractivity contribution in [2.45, 2.75) is 26.9 Å². The Balaban J connectivity index is 0.000000220. The van der Waals surface area contributed by atoms with E-state index in [1.807, 2.05) is 0 Å². The van der Waals surface area contributed by atoms with Crippen molar-refractivity contribution >= 4 is 62.9 Å². The Morgan fingerprint density at radius 1 is 0.786 bits per heavy atom. The van der Waals surface area contributed by atoms with E-state index in [1.54, 1.807) is 0 Å². The number of aryl methyl sites for hydroxylation is 2. The van der Waals surface area contributed by atoms with E-state index in [0.717, 1.165) is 9.52 Å². The van der Waals surface area contributed by atoms with Crippen molar-refractivity contribution in [3.05, 3.63) is 80.7 Å². The number of fused-ring (bicyclic) bond motifs is 2. The van der Waals surface area contributed by atoms with Crippen LogP contribution in [0.3, 0.4) is 0 Å². The normalized spacial score (nSPS) is 9.43. The van der Waals surface area contributed by atoms with Crippen molar-refractivity contribution in [3.63, 3.8) is 0 Å². The third-order valence-electron chi connectivity index (χ3n) is 3.68. The summed E-state index contributed by atoms with van der Waals surface area (Å²) < 4.78 is 22.0. The van der Waals surface area contributed by atoms with Crippen LogP contribution in [0.2, 0.25) is 13.1 Å². The second-order valence-electron chi connectivity index (χ2n) is 6.12. The second kappa shape index (κ2) is 13.7. The number of rotatable bonds is 0. The van der Waals surface area contributed by atoms with Crippen LogP contribution in [0.1, 0.15) is 11.1 Å². The zero-order chi connectivity index (χ0) is 21.1. The first kappa shape index (κ1) is 25.6. The van der Waals surface area contributed by atoms with Gasteiger partial charge in [-0.05, 0) is 8.95 Å². The first-order chi connectivity index (χ1) is 13.4.